The molecule has 1 atom stereocenters. The molecular formula is C20H18N4O5. The fourth-order valence-corrected chi connectivity index (χ4v) is 2.71. The van der Waals surface area contributed by atoms with Gasteiger partial charge in [0.25, 0.3) is 11.8 Å². The molecule has 1 fully saturated rings. The van der Waals surface area contributed by atoms with Crippen LogP contribution < -0.4 is 20.4 Å². The highest BCUT2D eigenvalue weighted by atomic mass is 16.5. The van der Waals surface area contributed by atoms with E-state index in [1.54, 1.807) is 42.5 Å². The monoisotopic (exact) mass is 394 g/mol. The number of nitrogens with one attached hydrogen (secondary N) is 2. The molecule has 9 nitrogen and oxygen atoms in total. The summed E-state index contributed by atoms with van der Waals surface area (Å²) in [4.78, 5) is 49.9. The van der Waals surface area contributed by atoms with Crippen LogP contribution in [0.5, 0.6) is 5.75 Å². The van der Waals surface area contributed by atoms with Gasteiger partial charge in [-0.1, -0.05) is 12.1 Å². The highest BCUT2D eigenvalue weighted by Gasteiger charge is 2.40. The van der Waals surface area contributed by atoms with Gasteiger partial charge in [0, 0.05) is 11.8 Å². The summed E-state index contributed by atoms with van der Waals surface area (Å²) in [5.74, 6) is -2.86. The quantitative estimate of drug-likeness (QED) is 0.454. The summed E-state index contributed by atoms with van der Waals surface area (Å²) >= 11 is 0. The van der Waals surface area contributed by atoms with Gasteiger partial charge in [0.1, 0.15) is 5.75 Å². The molecule has 1 aliphatic rings. The van der Waals surface area contributed by atoms with Gasteiger partial charge in [-0.2, -0.15) is 5.10 Å². The lowest BCUT2D eigenvalue weighted by atomic mass is 10.1. The molecule has 0 aliphatic carbocycles. The second-order valence-corrected chi connectivity index (χ2v) is 6.23. The van der Waals surface area contributed by atoms with E-state index in [9.17, 15) is 19.2 Å². The number of urea groups is 1. The average molecular weight is 394 g/mol. The molecule has 5 amide bonds. The molecular weight excluding hydrogens is 376 g/mol. The zero-order valence-electron chi connectivity index (χ0n) is 15.7. The van der Waals surface area contributed by atoms with Crippen molar-refractivity contribution in [2.24, 2.45) is 11.0 Å². The maximum atomic E-state index is 12.7. The van der Waals surface area contributed by atoms with Crippen LogP contribution in [0.1, 0.15) is 15.9 Å². The van der Waals surface area contributed by atoms with Crippen LogP contribution >= 0.6 is 0 Å². The first-order valence-electron chi connectivity index (χ1n) is 8.63. The van der Waals surface area contributed by atoms with Gasteiger partial charge in [-0.05, 0) is 48.9 Å². The largest absolute Gasteiger partial charge is 0.497 e. The summed E-state index contributed by atoms with van der Waals surface area (Å²) in [6.45, 7) is 1.81. The molecule has 0 bridgehead atoms. The Bertz CT molecular complexity index is 1000. The number of amides is 5. The molecule has 2 aromatic carbocycles. The van der Waals surface area contributed by atoms with E-state index in [1.807, 2.05) is 13.0 Å². The number of ether oxygens (including phenoxy) is 1. The van der Waals surface area contributed by atoms with Crippen LogP contribution in [0.4, 0.5) is 10.5 Å². The molecule has 0 radical (unpaired) electrons. The van der Waals surface area contributed by atoms with Crippen molar-refractivity contribution in [1.82, 2.24) is 10.7 Å². The van der Waals surface area contributed by atoms with Crippen molar-refractivity contribution in [3.63, 3.8) is 0 Å². The SMILES string of the molecule is COc1ccc(C(=O)N/N=C\[C@@H]2C(=O)NC(=O)N(c3cccc(C)c3)C2=O)cc1. The van der Waals surface area contributed by atoms with Gasteiger partial charge in [0.05, 0.1) is 12.8 Å². The fourth-order valence-electron chi connectivity index (χ4n) is 2.71. The minimum atomic E-state index is -1.36. The maximum Gasteiger partial charge on any atom is 0.335 e. The molecule has 2 aromatic rings. The summed E-state index contributed by atoms with van der Waals surface area (Å²) in [5.41, 5.74) is 3.75. The molecule has 0 spiro atoms. The van der Waals surface area contributed by atoms with Crippen molar-refractivity contribution >= 4 is 35.7 Å². The van der Waals surface area contributed by atoms with E-state index in [1.165, 1.54) is 7.11 Å². The predicted octanol–water partition coefficient (Wildman–Crippen LogP) is 1.62. The van der Waals surface area contributed by atoms with Gasteiger partial charge in [0.15, 0.2) is 5.92 Å². The number of hydrogen-bond acceptors (Lipinski definition) is 6. The van der Waals surface area contributed by atoms with Crippen molar-refractivity contribution in [2.75, 3.05) is 12.0 Å². The lowest BCUT2D eigenvalue weighted by Gasteiger charge is -2.28. The number of carbonyl (C=O) groups excluding carboxylic acids is 4. The van der Waals surface area contributed by atoms with E-state index in [2.05, 4.69) is 15.8 Å². The van der Waals surface area contributed by atoms with Crippen LogP contribution in [0.25, 0.3) is 0 Å². The standard InChI is InChI=1S/C20H18N4O5/c1-12-4-3-5-14(10-12)24-19(27)16(18(26)22-20(24)28)11-21-23-17(25)13-6-8-15(29-2)9-7-13/h3-11,16H,1-2H3,(H,23,25)(H,22,26,28)/b21-11-/t16-/m1/s1. The molecule has 0 unspecified atom stereocenters. The van der Waals surface area contributed by atoms with Crippen molar-refractivity contribution < 1.29 is 23.9 Å². The van der Waals surface area contributed by atoms with Gasteiger partial charge in [-0.3, -0.25) is 19.7 Å². The van der Waals surface area contributed by atoms with E-state index >= 15 is 0 Å². The van der Waals surface area contributed by atoms with Crippen molar-refractivity contribution in [2.45, 2.75) is 6.92 Å². The molecule has 1 heterocycles. The van der Waals surface area contributed by atoms with Crippen LogP contribution in [-0.2, 0) is 9.59 Å². The number of nitrogens with zero attached hydrogens (tertiary/aromatic N) is 2. The van der Waals surface area contributed by atoms with Gasteiger partial charge >= 0.3 is 6.03 Å². The van der Waals surface area contributed by atoms with E-state index in [4.69, 9.17) is 4.74 Å². The third-order valence-corrected chi connectivity index (χ3v) is 4.20. The number of methoxy groups -OCH3 is 1. The zero-order valence-corrected chi connectivity index (χ0v) is 15.7. The number of benzene rings is 2. The van der Waals surface area contributed by atoms with Gasteiger partial charge in [0.2, 0.25) is 5.91 Å². The predicted molar refractivity (Wildman–Crippen MR) is 105 cm³/mol. The first kappa shape index (κ1) is 19.7. The number of aryl methyl sites for hydroxylation is 1. The minimum Gasteiger partial charge on any atom is -0.497 e. The topological polar surface area (TPSA) is 117 Å². The number of carbonyl (C=O) groups is 4. The fraction of sp³-hybridized carbons (Fsp3) is 0.150. The van der Waals surface area contributed by atoms with E-state index < -0.39 is 29.7 Å². The Morgan fingerprint density at radius 1 is 1.17 bits per heavy atom. The van der Waals surface area contributed by atoms with Crippen LogP contribution in [0, 0.1) is 12.8 Å². The van der Waals surface area contributed by atoms with Gasteiger partial charge < -0.3 is 4.74 Å². The number of imide groups is 2. The maximum absolute atomic E-state index is 12.7. The van der Waals surface area contributed by atoms with Gasteiger partial charge in [-0.15, -0.1) is 0 Å². The van der Waals surface area contributed by atoms with E-state index in [-0.39, 0.29) is 0 Å². The Labute approximate surface area is 166 Å². The summed E-state index contributed by atoms with van der Waals surface area (Å²) in [7, 11) is 1.51. The molecule has 9 heteroatoms. The number of hydrogen-bond donors (Lipinski definition) is 2. The van der Waals surface area contributed by atoms with Gasteiger partial charge in [-0.25, -0.2) is 15.1 Å². The molecule has 1 saturated heterocycles. The molecule has 0 aromatic heterocycles. The highest BCUT2D eigenvalue weighted by molar-refractivity contribution is 6.32. The summed E-state index contributed by atoms with van der Waals surface area (Å²) in [5, 5.41) is 5.83. The van der Waals surface area contributed by atoms with E-state index in [0.29, 0.717) is 17.0 Å². The Morgan fingerprint density at radius 2 is 1.90 bits per heavy atom. The number of hydrazone groups is 1. The first-order chi connectivity index (χ1) is 13.9. The Morgan fingerprint density at radius 3 is 2.55 bits per heavy atom. The highest BCUT2D eigenvalue weighted by Crippen LogP contribution is 2.21. The summed E-state index contributed by atoms with van der Waals surface area (Å²) in [6.07, 6.45) is 0.994. The molecule has 1 aliphatic heterocycles. The molecule has 29 heavy (non-hydrogen) atoms. The number of rotatable bonds is 5. The summed E-state index contributed by atoms with van der Waals surface area (Å²) in [6, 6.07) is 12.2. The van der Waals surface area contributed by atoms with Crippen LogP contribution in [0.2, 0.25) is 0 Å². The van der Waals surface area contributed by atoms with Crippen LogP contribution in [0.3, 0.4) is 0 Å². The van der Waals surface area contributed by atoms with Crippen molar-refractivity contribution in [3.05, 3.63) is 59.7 Å². The normalized spacial score (nSPS) is 16.7. The van der Waals surface area contributed by atoms with Crippen LogP contribution in [0.15, 0.2) is 53.6 Å². The molecule has 0 saturated carbocycles. The average Bonchev–Trinajstić information content (AvgIpc) is 2.70. The Balaban J connectivity index is 1.73. The minimum absolute atomic E-state index is 0.318. The molecule has 2 N–H and O–H groups in total. The summed E-state index contributed by atoms with van der Waals surface area (Å²) < 4.78 is 5.02. The molecule has 148 valence electrons. The number of barbiturate groups is 1. The lowest BCUT2D eigenvalue weighted by Crippen LogP contribution is -2.58. The molecule has 3 rings (SSSR count). The van der Waals surface area contributed by atoms with E-state index in [0.717, 1.165) is 16.7 Å². The lowest BCUT2D eigenvalue weighted by molar-refractivity contribution is -0.131. The first-order valence-corrected chi connectivity index (χ1v) is 8.63. The second kappa shape index (κ2) is 8.34. The van der Waals surface area contributed by atoms with Crippen molar-refractivity contribution in [1.29, 1.82) is 0 Å². The number of anilines is 1. The third-order valence-electron chi connectivity index (χ3n) is 4.20. The van der Waals surface area contributed by atoms with Crippen molar-refractivity contribution in [3.8, 4) is 5.75 Å². The Hall–Kier alpha value is -4.01. The van der Waals surface area contributed by atoms with Crippen LogP contribution in [-0.4, -0.2) is 37.1 Å². The Kier molecular flexibility index (Phi) is 5.68. The third kappa shape index (κ3) is 4.29. The zero-order chi connectivity index (χ0) is 21.0. The smallest absolute Gasteiger partial charge is 0.335 e. The second-order valence-electron chi connectivity index (χ2n) is 6.23.